The number of benzene rings is 3. The fourth-order valence-electron chi connectivity index (χ4n) is 2.95. The Kier molecular flexibility index (Phi) is 3.60. The van der Waals surface area contributed by atoms with Gasteiger partial charge in [-0.1, -0.05) is 78.9 Å². The molecule has 0 saturated carbocycles. The number of hydrogen-bond donors (Lipinski definition) is 0. The molecular weight excluding hydrogens is 304 g/mol. The van der Waals surface area contributed by atoms with Crippen LogP contribution in [0.5, 0.6) is 0 Å². The Morgan fingerprint density at radius 3 is 1.61 bits per heavy atom. The second-order valence-corrected chi connectivity index (χ2v) is 7.02. The molecule has 1 aliphatic heterocycles. The van der Waals surface area contributed by atoms with Crippen molar-refractivity contribution < 1.29 is 8.95 Å². The smallest absolute Gasteiger partial charge is 0.176 e. The molecule has 2 atom stereocenters. The van der Waals surface area contributed by atoms with Gasteiger partial charge in [-0.15, -0.1) is 0 Å². The Hall–Kier alpha value is -2.23. The van der Waals surface area contributed by atoms with E-state index in [2.05, 4.69) is 0 Å². The lowest BCUT2D eigenvalue weighted by Crippen LogP contribution is -2.17. The van der Waals surface area contributed by atoms with Gasteiger partial charge in [0.05, 0.1) is 10.8 Å². The van der Waals surface area contributed by atoms with Gasteiger partial charge in [0.25, 0.3) is 0 Å². The fraction of sp³-hybridized carbons (Fsp3) is 0.100. The van der Waals surface area contributed by atoms with Crippen molar-refractivity contribution in [3.8, 4) is 0 Å². The van der Waals surface area contributed by atoms with Gasteiger partial charge in [0.2, 0.25) is 0 Å². The number of rotatable bonds is 4. The zero-order chi connectivity index (χ0) is 15.7. The van der Waals surface area contributed by atoms with E-state index >= 15 is 0 Å². The van der Waals surface area contributed by atoms with Gasteiger partial charge >= 0.3 is 0 Å². The van der Waals surface area contributed by atoms with Crippen LogP contribution in [0, 0.1) is 0 Å². The van der Waals surface area contributed by atoms with Gasteiger partial charge in [-0.05, 0) is 23.3 Å². The van der Waals surface area contributed by atoms with E-state index < -0.39 is 16.4 Å². The van der Waals surface area contributed by atoms with Crippen LogP contribution in [0.15, 0.2) is 95.9 Å². The molecule has 1 heterocycles. The number of epoxide rings is 1. The van der Waals surface area contributed by atoms with Crippen LogP contribution in [0.3, 0.4) is 0 Å². The average Bonchev–Trinajstić information content (AvgIpc) is 3.40. The summed E-state index contributed by atoms with van der Waals surface area (Å²) in [5, 5.41) is 0. The molecule has 1 fully saturated rings. The molecule has 114 valence electrons. The largest absolute Gasteiger partial charge is 0.341 e. The summed E-state index contributed by atoms with van der Waals surface area (Å²) in [5.41, 5.74) is 1.10. The van der Waals surface area contributed by atoms with E-state index in [-0.39, 0.29) is 5.44 Å². The maximum Gasteiger partial charge on any atom is 0.176 e. The summed E-state index contributed by atoms with van der Waals surface area (Å²) in [6, 6.07) is 29.6. The predicted molar refractivity (Wildman–Crippen MR) is 91.4 cm³/mol. The van der Waals surface area contributed by atoms with Crippen molar-refractivity contribution >= 4 is 10.8 Å². The Labute approximate surface area is 138 Å². The van der Waals surface area contributed by atoms with Crippen LogP contribution in [0.1, 0.15) is 11.1 Å². The highest BCUT2D eigenvalue weighted by Crippen LogP contribution is 2.54. The molecule has 1 aliphatic rings. The molecule has 0 spiro atoms. The summed E-state index contributed by atoms with van der Waals surface area (Å²) in [5.74, 6) is 0. The first-order valence-electron chi connectivity index (χ1n) is 7.57. The van der Waals surface area contributed by atoms with Crippen molar-refractivity contribution in [3.05, 3.63) is 102 Å². The maximum absolute atomic E-state index is 13.0. The van der Waals surface area contributed by atoms with E-state index in [9.17, 15) is 4.21 Å². The Balaban J connectivity index is 1.77. The molecule has 3 aromatic carbocycles. The molecule has 0 aromatic heterocycles. The monoisotopic (exact) mass is 320 g/mol. The Bertz CT molecular complexity index is 777. The van der Waals surface area contributed by atoms with Gasteiger partial charge in [0.15, 0.2) is 11.0 Å². The minimum absolute atomic E-state index is 0.366. The summed E-state index contributed by atoms with van der Waals surface area (Å²) < 4.78 is 19.0. The second-order valence-electron chi connectivity index (χ2n) is 5.53. The van der Waals surface area contributed by atoms with E-state index in [0.29, 0.717) is 0 Å². The van der Waals surface area contributed by atoms with Gasteiger partial charge in [-0.2, -0.15) is 0 Å². The minimum Gasteiger partial charge on any atom is -0.341 e. The molecule has 23 heavy (non-hydrogen) atoms. The third kappa shape index (κ3) is 2.42. The first-order chi connectivity index (χ1) is 11.3. The van der Waals surface area contributed by atoms with Crippen LogP contribution in [0.2, 0.25) is 0 Å². The zero-order valence-electron chi connectivity index (χ0n) is 12.5. The lowest BCUT2D eigenvalue weighted by Gasteiger charge is -2.14. The van der Waals surface area contributed by atoms with Gasteiger partial charge < -0.3 is 4.74 Å². The van der Waals surface area contributed by atoms with E-state index in [0.717, 1.165) is 16.0 Å². The summed E-state index contributed by atoms with van der Waals surface area (Å²) in [6.45, 7) is 0. The summed E-state index contributed by atoms with van der Waals surface area (Å²) in [4.78, 5) is 0.797. The summed E-state index contributed by atoms with van der Waals surface area (Å²) >= 11 is 0. The molecule has 4 rings (SSSR count). The topological polar surface area (TPSA) is 29.6 Å². The van der Waals surface area contributed by atoms with E-state index in [4.69, 9.17) is 4.74 Å². The zero-order valence-corrected chi connectivity index (χ0v) is 13.3. The van der Waals surface area contributed by atoms with E-state index in [1.165, 1.54) is 0 Å². The highest BCUT2D eigenvalue weighted by Gasteiger charge is 2.62. The summed E-state index contributed by atoms with van der Waals surface area (Å²) in [6.07, 6.45) is 0. The highest BCUT2D eigenvalue weighted by molar-refractivity contribution is 7.85. The molecular formula is C20H16O2S. The molecule has 3 heteroatoms. The molecule has 0 aliphatic carbocycles. The lowest BCUT2D eigenvalue weighted by molar-refractivity contribution is 0.343. The number of hydrogen-bond acceptors (Lipinski definition) is 2. The molecule has 0 amide bonds. The predicted octanol–water partition coefficient (Wildman–Crippen LogP) is 4.09. The molecule has 0 radical (unpaired) electrons. The van der Waals surface area contributed by atoms with Crippen LogP contribution in [-0.2, 0) is 21.1 Å². The molecule has 0 N–H and O–H groups in total. The quantitative estimate of drug-likeness (QED) is 0.678. The normalized spacial score (nSPS) is 19.9. The third-order valence-electron chi connectivity index (χ3n) is 4.14. The van der Waals surface area contributed by atoms with Crippen molar-refractivity contribution in [2.24, 2.45) is 0 Å². The molecule has 2 unspecified atom stereocenters. The summed E-state index contributed by atoms with van der Waals surface area (Å²) in [7, 11) is -1.22. The van der Waals surface area contributed by atoms with Gasteiger partial charge in [0, 0.05) is 4.90 Å². The van der Waals surface area contributed by atoms with Gasteiger partial charge in [-0.3, -0.25) is 4.21 Å². The van der Waals surface area contributed by atoms with Crippen LogP contribution in [0.25, 0.3) is 0 Å². The molecule has 3 aromatic rings. The van der Waals surface area contributed by atoms with E-state index in [1.54, 1.807) is 0 Å². The highest BCUT2D eigenvalue weighted by atomic mass is 32.2. The van der Waals surface area contributed by atoms with Crippen molar-refractivity contribution in [2.45, 2.75) is 15.9 Å². The Morgan fingerprint density at radius 1 is 0.696 bits per heavy atom. The van der Waals surface area contributed by atoms with Gasteiger partial charge in [-0.25, -0.2) is 0 Å². The Morgan fingerprint density at radius 2 is 1.13 bits per heavy atom. The maximum atomic E-state index is 13.0. The lowest BCUT2D eigenvalue weighted by atomic mass is 9.92. The average molecular weight is 320 g/mol. The fourth-order valence-corrected chi connectivity index (χ4v) is 4.44. The van der Waals surface area contributed by atoms with Crippen LogP contribution < -0.4 is 0 Å². The van der Waals surface area contributed by atoms with Gasteiger partial charge in [0.1, 0.15) is 0 Å². The minimum atomic E-state index is -1.22. The van der Waals surface area contributed by atoms with Crippen molar-refractivity contribution in [1.82, 2.24) is 0 Å². The van der Waals surface area contributed by atoms with E-state index in [1.807, 2.05) is 91.0 Å². The van der Waals surface area contributed by atoms with Crippen LogP contribution in [0.4, 0.5) is 0 Å². The molecule has 0 bridgehead atoms. The second kappa shape index (κ2) is 5.76. The SMILES string of the molecule is O=S(c1ccccc1)C1OC1(c1ccccc1)c1ccccc1. The third-order valence-corrected chi connectivity index (χ3v) is 5.70. The van der Waals surface area contributed by atoms with Crippen molar-refractivity contribution in [3.63, 3.8) is 0 Å². The van der Waals surface area contributed by atoms with Crippen LogP contribution >= 0.6 is 0 Å². The molecule has 2 nitrogen and oxygen atoms in total. The standard InChI is InChI=1S/C20H16O2S/c21-23(18-14-8-3-9-15-18)19-20(22-19,16-10-4-1-5-11-16)17-12-6-2-7-13-17/h1-15,19H. The van der Waals surface area contributed by atoms with Crippen molar-refractivity contribution in [1.29, 1.82) is 0 Å². The van der Waals surface area contributed by atoms with Crippen molar-refractivity contribution in [2.75, 3.05) is 0 Å². The first-order valence-corrected chi connectivity index (χ1v) is 8.78. The molecule has 1 saturated heterocycles. The first kappa shape index (κ1) is 14.4. The number of ether oxygens (including phenoxy) is 1. The van der Waals surface area contributed by atoms with Crippen LogP contribution in [-0.4, -0.2) is 9.64 Å².